The molecule has 6 heteroatoms. The predicted molar refractivity (Wildman–Crippen MR) is 90.6 cm³/mol. The zero-order chi connectivity index (χ0) is 16.2. The Morgan fingerprint density at radius 3 is 2.45 bits per heavy atom. The minimum absolute atomic E-state index is 0.284. The van der Waals surface area contributed by atoms with Crippen LogP contribution in [0, 0.1) is 6.92 Å². The first-order valence-corrected chi connectivity index (χ1v) is 9.05. The summed E-state index contributed by atoms with van der Waals surface area (Å²) >= 11 is 3.37. The molecule has 22 heavy (non-hydrogen) atoms. The van der Waals surface area contributed by atoms with E-state index in [9.17, 15) is 8.42 Å². The topological polar surface area (TPSA) is 46.6 Å². The lowest BCUT2D eigenvalue weighted by molar-refractivity contribution is 0.287. The molecule has 0 radical (unpaired) electrons. The third-order valence-electron chi connectivity index (χ3n) is 3.26. The average molecular weight is 384 g/mol. The van der Waals surface area contributed by atoms with E-state index in [0.717, 1.165) is 15.8 Å². The molecule has 0 aliphatic carbocycles. The molecule has 2 aromatic rings. The van der Waals surface area contributed by atoms with Crippen LogP contribution in [-0.2, 0) is 10.0 Å². The maximum atomic E-state index is 12.5. The molecule has 2 rings (SSSR count). The molecule has 0 saturated heterocycles. The van der Waals surface area contributed by atoms with Crippen LogP contribution in [-0.4, -0.2) is 32.9 Å². The van der Waals surface area contributed by atoms with E-state index in [0.29, 0.717) is 6.61 Å². The summed E-state index contributed by atoms with van der Waals surface area (Å²) in [7, 11) is -1.94. The van der Waals surface area contributed by atoms with Gasteiger partial charge in [-0.2, -0.15) is 4.31 Å². The molecular formula is C16H18BrNO3S. The van der Waals surface area contributed by atoms with Gasteiger partial charge in [0.1, 0.15) is 12.4 Å². The lowest BCUT2D eigenvalue weighted by atomic mass is 10.2. The van der Waals surface area contributed by atoms with Crippen molar-refractivity contribution in [3.8, 4) is 5.75 Å². The Morgan fingerprint density at radius 2 is 1.82 bits per heavy atom. The van der Waals surface area contributed by atoms with Crippen LogP contribution >= 0.6 is 15.9 Å². The van der Waals surface area contributed by atoms with Crippen LogP contribution in [0.25, 0.3) is 0 Å². The fourth-order valence-corrected chi connectivity index (χ4v) is 3.37. The van der Waals surface area contributed by atoms with Crippen LogP contribution < -0.4 is 4.74 Å². The smallest absolute Gasteiger partial charge is 0.242 e. The first-order valence-electron chi connectivity index (χ1n) is 6.81. The van der Waals surface area contributed by atoms with E-state index in [1.54, 1.807) is 25.2 Å². The normalized spacial score (nSPS) is 11.6. The number of nitrogens with zero attached hydrogens (tertiary/aromatic N) is 1. The maximum Gasteiger partial charge on any atom is 0.242 e. The molecule has 2 aromatic carbocycles. The van der Waals surface area contributed by atoms with Gasteiger partial charge < -0.3 is 4.74 Å². The first-order chi connectivity index (χ1) is 10.4. The van der Waals surface area contributed by atoms with Crippen molar-refractivity contribution in [2.75, 3.05) is 20.2 Å². The number of hydrogen-bond donors (Lipinski definition) is 0. The quantitative estimate of drug-likeness (QED) is 0.767. The fraction of sp³-hybridized carbons (Fsp3) is 0.250. The highest BCUT2D eigenvalue weighted by Gasteiger charge is 2.21. The molecule has 118 valence electrons. The number of ether oxygens (including phenoxy) is 1. The second-order valence-electron chi connectivity index (χ2n) is 4.90. The highest BCUT2D eigenvalue weighted by Crippen LogP contribution is 2.22. The predicted octanol–water partition coefficient (Wildman–Crippen LogP) is 3.46. The van der Waals surface area contributed by atoms with Crippen molar-refractivity contribution in [3.63, 3.8) is 0 Å². The molecule has 0 aliphatic heterocycles. The van der Waals surface area contributed by atoms with E-state index in [-0.39, 0.29) is 11.4 Å². The number of hydrogen-bond acceptors (Lipinski definition) is 3. The molecule has 0 unspecified atom stereocenters. The summed E-state index contributed by atoms with van der Waals surface area (Å²) in [6, 6.07) is 14.3. The highest BCUT2D eigenvalue weighted by atomic mass is 79.9. The van der Waals surface area contributed by atoms with E-state index in [4.69, 9.17) is 4.74 Å². The fourth-order valence-electron chi connectivity index (χ4n) is 1.89. The maximum absolute atomic E-state index is 12.5. The number of rotatable bonds is 6. The van der Waals surface area contributed by atoms with Gasteiger partial charge in [0.15, 0.2) is 0 Å². The molecule has 0 spiro atoms. The van der Waals surface area contributed by atoms with Gasteiger partial charge in [-0.25, -0.2) is 8.42 Å². The number of para-hydroxylation sites is 1. The van der Waals surface area contributed by atoms with Gasteiger partial charge in [0, 0.05) is 18.1 Å². The molecule has 0 atom stereocenters. The van der Waals surface area contributed by atoms with Crippen LogP contribution in [0.2, 0.25) is 0 Å². The third kappa shape index (κ3) is 4.09. The molecule has 4 nitrogen and oxygen atoms in total. The summed E-state index contributed by atoms with van der Waals surface area (Å²) in [4.78, 5) is 0.287. The highest BCUT2D eigenvalue weighted by molar-refractivity contribution is 9.10. The Labute approximate surface area is 139 Å². The summed E-state index contributed by atoms with van der Waals surface area (Å²) in [5, 5.41) is 0. The zero-order valence-corrected chi connectivity index (χ0v) is 14.9. The lowest BCUT2D eigenvalue weighted by Crippen LogP contribution is -2.31. The molecule has 0 amide bonds. The molecule has 0 bridgehead atoms. The van der Waals surface area contributed by atoms with Crippen molar-refractivity contribution in [1.29, 1.82) is 0 Å². The molecule has 0 saturated carbocycles. The first kappa shape index (κ1) is 17.0. The molecule has 0 fully saturated rings. The van der Waals surface area contributed by atoms with Gasteiger partial charge in [0.25, 0.3) is 0 Å². The number of likely N-dealkylation sites (N-methyl/N-ethyl adjacent to an activating group) is 1. The summed E-state index contributed by atoms with van der Waals surface area (Å²) in [6.07, 6.45) is 0. The summed E-state index contributed by atoms with van der Waals surface area (Å²) < 4.78 is 32.7. The minimum Gasteiger partial charge on any atom is -0.492 e. The molecule has 0 aliphatic rings. The number of halogens is 1. The van der Waals surface area contributed by atoms with E-state index in [1.165, 1.54) is 4.31 Å². The van der Waals surface area contributed by atoms with E-state index in [1.807, 2.05) is 37.3 Å². The Kier molecular flexibility index (Phi) is 5.61. The lowest BCUT2D eigenvalue weighted by Gasteiger charge is -2.18. The Balaban J connectivity index is 2.01. The van der Waals surface area contributed by atoms with Crippen molar-refractivity contribution in [3.05, 3.63) is 58.6 Å². The van der Waals surface area contributed by atoms with Crippen molar-refractivity contribution in [2.45, 2.75) is 11.8 Å². The Bertz CT molecular complexity index is 732. The van der Waals surface area contributed by atoms with Crippen LogP contribution in [0.4, 0.5) is 0 Å². The summed E-state index contributed by atoms with van der Waals surface area (Å²) in [5.74, 6) is 0.729. The monoisotopic (exact) mass is 383 g/mol. The second kappa shape index (κ2) is 7.26. The van der Waals surface area contributed by atoms with E-state index in [2.05, 4.69) is 15.9 Å². The van der Waals surface area contributed by atoms with Crippen molar-refractivity contribution in [1.82, 2.24) is 4.31 Å². The summed E-state index contributed by atoms with van der Waals surface area (Å²) in [6.45, 7) is 2.45. The van der Waals surface area contributed by atoms with Crippen LogP contribution in [0.5, 0.6) is 5.75 Å². The Hall–Kier alpha value is -1.37. The van der Waals surface area contributed by atoms with Gasteiger partial charge in [-0.3, -0.25) is 0 Å². The van der Waals surface area contributed by atoms with E-state index < -0.39 is 10.0 Å². The zero-order valence-electron chi connectivity index (χ0n) is 12.5. The van der Waals surface area contributed by atoms with E-state index >= 15 is 0 Å². The Morgan fingerprint density at radius 1 is 1.14 bits per heavy atom. The van der Waals surface area contributed by atoms with Gasteiger partial charge >= 0.3 is 0 Å². The third-order valence-corrected chi connectivity index (χ3v) is 6.00. The molecule has 0 N–H and O–H groups in total. The molecule has 0 heterocycles. The number of sulfonamides is 1. The van der Waals surface area contributed by atoms with Crippen LogP contribution in [0.3, 0.4) is 0 Å². The van der Waals surface area contributed by atoms with Crippen molar-refractivity contribution < 1.29 is 13.2 Å². The number of aryl methyl sites for hydroxylation is 1. The largest absolute Gasteiger partial charge is 0.492 e. The molecule has 0 aromatic heterocycles. The van der Waals surface area contributed by atoms with Gasteiger partial charge in [-0.1, -0.05) is 34.1 Å². The molecular weight excluding hydrogens is 366 g/mol. The van der Waals surface area contributed by atoms with Gasteiger partial charge in [0.05, 0.1) is 4.90 Å². The SMILES string of the molecule is Cc1cc(S(=O)(=O)N(C)CCOc2ccccc2)ccc1Br. The van der Waals surface area contributed by atoms with Crippen molar-refractivity contribution >= 4 is 26.0 Å². The van der Waals surface area contributed by atoms with Gasteiger partial charge in [-0.05, 0) is 42.8 Å². The minimum atomic E-state index is -3.50. The summed E-state index contributed by atoms with van der Waals surface area (Å²) in [5.41, 5.74) is 0.884. The average Bonchev–Trinajstić information content (AvgIpc) is 2.50. The standard InChI is InChI=1S/C16H18BrNO3S/c1-13-12-15(8-9-16(13)17)22(19,20)18(2)10-11-21-14-6-4-3-5-7-14/h3-9,12H,10-11H2,1-2H3. The van der Waals surface area contributed by atoms with Crippen LogP contribution in [0.15, 0.2) is 57.9 Å². The van der Waals surface area contributed by atoms with Crippen molar-refractivity contribution in [2.24, 2.45) is 0 Å². The second-order valence-corrected chi connectivity index (χ2v) is 7.80. The van der Waals surface area contributed by atoms with Gasteiger partial charge in [-0.15, -0.1) is 0 Å². The number of benzene rings is 2. The van der Waals surface area contributed by atoms with Gasteiger partial charge in [0.2, 0.25) is 10.0 Å². The van der Waals surface area contributed by atoms with Crippen LogP contribution in [0.1, 0.15) is 5.56 Å².